The maximum Gasteiger partial charge on any atom is 0.234 e. The SMILES string of the molecule is O=C(CN1CCN(C2CCCC2)CC1)NCC1CC1. The zero-order valence-electron chi connectivity index (χ0n) is 11.9. The van der Waals surface area contributed by atoms with Gasteiger partial charge in [0.15, 0.2) is 0 Å². The summed E-state index contributed by atoms with van der Waals surface area (Å²) in [6, 6.07) is 0.839. The molecule has 2 saturated carbocycles. The molecule has 2 aliphatic carbocycles. The summed E-state index contributed by atoms with van der Waals surface area (Å²) < 4.78 is 0. The zero-order valence-corrected chi connectivity index (χ0v) is 11.9. The number of nitrogens with zero attached hydrogens (tertiary/aromatic N) is 2. The van der Waals surface area contributed by atoms with Crippen LogP contribution >= 0.6 is 0 Å². The number of carbonyl (C=O) groups excluding carboxylic acids is 1. The Balaban J connectivity index is 1.33. The van der Waals surface area contributed by atoms with E-state index in [1.165, 1.54) is 38.5 Å². The second kappa shape index (κ2) is 6.23. The van der Waals surface area contributed by atoms with Gasteiger partial charge in [0.05, 0.1) is 6.54 Å². The van der Waals surface area contributed by atoms with Gasteiger partial charge in [-0.05, 0) is 31.6 Å². The summed E-state index contributed by atoms with van der Waals surface area (Å²) in [5.41, 5.74) is 0. The van der Waals surface area contributed by atoms with Crippen molar-refractivity contribution in [1.82, 2.24) is 15.1 Å². The molecule has 0 unspecified atom stereocenters. The van der Waals surface area contributed by atoms with Crippen molar-refractivity contribution in [3.63, 3.8) is 0 Å². The predicted molar refractivity (Wildman–Crippen MR) is 76.0 cm³/mol. The monoisotopic (exact) mass is 265 g/mol. The van der Waals surface area contributed by atoms with Crippen LogP contribution in [0.2, 0.25) is 0 Å². The fourth-order valence-electron chi connectivity index (χ4n) is 3.40. The fourth-order valence-corrected chi connectivity index (χ4v) is 3.40. The molecule has 1 N–H and O–H groups in total. The lowest BCUT2D eigenvalue weighted by Crippen LogP contribution is -2.51. The number of carbonyl (C=O) groups is 1. The van der Waals surface area contributed by atoms with Crippen molar-refractivity contribution in [2.45, 2.75) is 44.6 Å². The van der Waals surface area contributed by atoms with Gasteiger partial charge in [0.1, 0.15) is 0 Å². The van der Waals surface area contributed by atoms with Crippen molar-refractivity contribution in [3.05, 3.63) is 0 Å². The van der Waals surface area contributed by atoms with Gasteiger partial charge in [-0.1, -0.05) is 12.8 Å². The molecule has 3 aliphatic rings. The van der Waals surface area contributed by atoms with Gasteiger partial charge in [-0.25, -0.2) is 0 Å². The Kier molecular flexibility index (Phi) is 4.38. The van der Waals surface area contributed by atoms with Crippen LogP contribution in [0.15, 0.2) is 0 Å². The third-order valence-electron chi connectivity index (χ3n) is 4.90. The molecule has 4 nitrogen and oxygen atoms in total. The van der Waals surface area contributed by atoms with E-state index in [2.05, 4.69) is 15.1 Å². The molecule has 19 heavy (non-hydrogen) atoms. The average Bonchev–Trinajstić information content (AvgIpc) is 3.10. The molecule has 0 aromatic heterocycles. The van der Waals surface area contributed by atoms with E-state index in [0.29, 0.717) is 6.54 Å². The molecule has 3 fully saturated rings. The summed E-state index contributed by atoms with van der Waals surface area (Å²) in [5.74, 6) is 1.00. The summed E-state index contributed by atoms with van der Waals surface area (Å²) >= 11 is 0. The summed E-state index contributed by atoms with van der Waals surface area (Å²) in [6.45, 7) is 5.94. The lowest BCUT2D eigenvalue weighted by Gasteiger charge is -2.37. The van der Waals surface area contributed by atoms with Crippen molar-refractivity contribution < 1.29 is 4.79 Å². The number of hydrogen-bond donors (Lipinski definition) is 1. The summed E-state index contributed by atoms with van der Waals surface area (Å²) in [5, 5.41) is 3.06. The molecule has 1 heterocycles. The molecule has 1 amide bonds. The summed E-state index contributed by atoms with van der Waals surface area (Å²) in [4.78, 5) is 16.8. The molecule has 0 atom stereocenters. The van der Waals surface area contributed by atoms with Crippen LogP contribution < -0.4 is 5.32 Å². The first-order valence-electron chi connectivity index (χ1n) is 8.04. The maximum atomic E-state index is 11.8. The fraction of sp³-hybridized carbons (Fsp3) is 0.933. The lowest BCUT2D eigenvalue weighted by molar-refractivity contribution is -0.122. The molecule has 0 spiro atoms. The predicted octanol–water partition coefficient (Wildman–Crippen LogP) is 1.07. The lowest BCUT2D eigenvalue weighted by atomic mass is 10.2. The Bertz CT molecular complexity index is 303. The molecule has 1 aliphatic heterocycles. The van der Waals surface area contributed by atoms with Crippen molar-refractivity contribution in [1.29, 1.82) is 0 Å². The number of nitrogens with one attached hydrogen (secondary N) is 1. The topological polar surface area (TPSA) is 35.6 Å². The highest BCUT2D eigenvalue weighted by Crippen LogP contribution is 2.27. The Hall–Kier alpha value is -0.610. The molecular weight excluding hydrogens is 238 g/mol. The molecule has 0 radical (unpaired) electrons. The third kappa shape index (κ3) is 3.93. The van der Waals surface area contributed by atoms with Gasteiger partial charge < -0.3 is 5.32 Å². The number of hydrogen-bond acceptors (Lipinski definition) is 3. The van der Waals surface area contributed by atoms with E-state index in [1.54, 1.807) is 0 Å². The molecule has 0 aromatic rings. The first kappa shape index (κ1) is 13.4. The minimum absolute atomic E-state index is 0.223. The van der Waals surface area contributed by atoms with E-state index in [1.807, 2.05) is 0 Å². The van der Waals surface area contributed by atoms with Crippen molar-refractivity contribution >= 4 is 5.91 Å². The van der Waals surface area contributed by atoms with E-state index in [4.69, 9.17) is 0 Å². The Morgan fingerprint density at radius 3 is 2.32 bits per heavy atom. The number of amides is 1. The van der Waals surface area contributed by atoms with Gasteiger partial charge in [-0.2, -0.15) is 0 Å². The van der Waals surface area contributed by atoms with Crippen LogP contribution in [0.5, 0.6) is 0 Å². The second-order valence-corrected chi connectivity index (χ2v) is 6.50. The van der Waals surface area contributed by atoms with Gasteiger partial charge in [-0.15, -0.1) is 0 Å². The standard InChI is InChI=1S/C15H27N3O/c19-15(16-11-13-5-6-13)12-17-7-9-18(10-8-17)14-3-1-2-4-14/h13-14H,1-12H2,(H,16,19). The zero-order chi connectivity index (χ0) is 13.1. The van der Waals surface area contributed by atoms with Gasteiger partial charge in [0, 0.05) is 38.8 Å². The van der Waals surface area contributed by atoms with Gasteiger partial charge >= 0.3 is 0 Å². The smallest absolute Gasteiger partial charge is 0.234 e. The molecule has 3 rings (SSSR count). The van der Waals surface area contributed by atoms with Crippen LogP contribution in [0.3, 0.4) is 0 Å². The highest BCUT2D eigenvalue weighted by Gasteiger charge is 2.27. The molecule has 1 saturated heterocycles. The quantitative estimate of drug-likeness (QED) is 0.808. The van der Waals surface area contributed by atoms with Crippen LogP contribution in [-0.2, 0) is 4.79 Å². The van der Waals surface area contributed by atoms with Crippen molar-refractivity contribution in [2.24, 2.45) is 5.92 Å². The Labute approximate surface area is 116 Å². The first-order valence-corrected chi connectivity index (χ1v) is 8.04. The summed E-state index contributed by atoms with van der Waals surface area (Å²) in [7, 11) is 0. The van der Waals surface area contributed by atoms with Gasteiger partial charge in [-0.3, -0.25) is 14.6 Å². The van der Waals surface area contributed by atoms with Crippen LogP contribution in [0.1, 0.15) is 38.5 Å². The van der Waals surface area contributed by atoms with Crippen LogP contribution in [0.4, 0.5) is 0 Å². The second-order valence-electron chi connectivity index (χ2n) is 6.50. The molecule has 0 aromatic carbocycles. The highest BCUT2D eigenvalue weighted by molar-refractivity contribution is 5.78. The largest absolute Gasteiger partial charge is 0.355 e. The first-order chi connectivity index (χ1) is 9.31. The number of rotatable bonds is 5. The number of piperazine rings is 1. The van der Waals surface area contributed by atoms with E-state index in [0.717, 1.165) is 44.7 Å². The van der Waals surface area contributed by atoms with Crippen LogP contribution in [0, 0.1) is 5.92 Å². The highest BCUT2D eigenvalue weighted by atomic mass is 16.2. The normalized spacial score (nSPS) is 26.7. The molecule has 4 heteroatoms. The molecule has 108 valence electrons. The molecular formula is C15H27N3O. The van der Waals surface area contributed by atoms with Crippen LogP contribution in [-0.4, -0.2) is 61.0 Å². The minimum atomic E-state index is 0.223. The summed E-state index contributed by atoms with van der Waals surface area (Å²) in [6.07, 6.45) is 8.22. The Morgan fingerprint density at radius 1 is 1.00 bits per heavy atom. The Morgan fingerprint density at radius 2 is 1.68 bits per heavy atom. The van der Waals surface area contributed by atoms with Crippen molar-refractivity contribution in [3.8, 4) is 0 Å². The molecule has 0 bridgehead atoms. The maximum absolute atomic E-state index is 11.8. The minimum Gasteiger partial charge on any atom is -0.355 e. The van der Waals surface area contributed by atoms with Crippen molar-refractivity contribution in [2.75, 3.05) is 39.3 Å². The van der Waals surface area contributed by atoms with E-state index in [9.17, 15) is 4.79 Å². The van der Waals surface area contributed by atoms with E-state index < -0.39 is 0 Å². The van der Waals surface area contributed by atoms with E-state index in [-0.39, 0.29) is 5.91 Å². The van der Waals surface area contributed by atoms with Gasteiger partial charge in [0.2, 0.25) is 5.91 Å². The van der Waals surface area contributed by atoms with E-state index >= 15 is 0 Å². The average molecular weight is 265 g/mol. The third-order valence-corrected chi connectivity index (χ3v) is 4.90. The van der Waals surface area contributed by atoms with Crippen LogP contribution in [0.25, 0.3) is 0 Å². The van der Waals surface area contributed by atoms with Gasteiger partial charge in [0.25, 0.3) is 0 Å².